The molecule has 0 radical (unpaired) electrons. The largest absolute Gasteiger partial charge is 0.396 e. The van der Waals surface area contributed by atoms with Gasteiger partial charge in [0.25, 0.3) is 0 Å². The quantitative estimate of drug-likeness (QED) is 0.529. The van der Waals surface area contributed by atoms with Crippen LogP contribution in [0.15, 0.2) is 29.4 Å². The number of aryl methyl sites for hydroxylation is 1. The van der Waals surface area contributed by atoms with Gasteiger partial charge in [-0.15, -0.1) is 0 Å². The Labute approximate surface area is 115 Å². The van der Waals surface area contributed by atoms with Crippen LogP contribution >= 0.6 is 0 Å². The zero-order valence-corrected chi connectivity index (χ0v) is 11.3. The summed E-state index contributed by atoms with van der Waals surface area (Å²) in [6, 6.07) is 3.29. The lowest BCUT2D eigenvalue weighted by atomic mass is 10.3. The van der Waals surface area contributed by atoms with E-state index in [0.29, 0.717) is 18.7 Å². The fourth-order valence-corrected chi connectivity index (χ4v) is 2.69. The number of nitrogens with zero attached hydrogens (tertiary/aromatic N) is 2. The van der Waals surface area contributed by atoms with Crippen LogP contribution in [0.4, 0.5) is 10.1 Å². The van der Waals surface area contributed by atoms with Gasteiger partial charge in [0.2, 0.25) is 10.0 Å². The molecular formula is C11H14FN5O2S. The molecule has 0 aliphatic heterocycles. The molecule has 2 aromatic rings. The predicted molar refractivity (Wildman–Crippen MR) is 70.7 cm³/mol. The van der Waals surface area contributed by atoms with Gasteiger partial charge in [-0.2, -0.15) is 5.10 Å². The Bertz CT molecular complexity index is 672. The van der Waals surface area contributed by atoms with Gasteiger partial charge < -0.3 is 5.73 Å². The highest BCUT2D eigenvalue weighted by atomic mass is 32.2. The topological polar surface area (TPSA) is 114 Å². The summed E-state index contributed by atoms with van der Waals surface area (Å²) in [6.45, 7) is 0.236. The summed E-state index contributed by atoms with van der Waals surface area (Å²) in [7, 11) is -3.68. The molecule has 2 rings (SSSR count). The minimum Gasteiger partial charge on any atom is -0.396 e. The Balaban J connectivity index is 1.92. The van der Waals surface area contributed by atoms with Crippen LogP contribution < -0.4 is 10.5 Å². The molecule has 0 unspecified atom stereocenters. The molecule has 0 atom stereocenters. The zero-order chi connectivity index (χ0) is 14.6. The summed E-state index contributed by atoms with van der Waals surface area (Å²) in [4.78, 5) is 3.87. The number of benzene rings is 1. The molecule has 0 fully saturated rings. The highest BCUT2D eigenvalue weighted by molar-refractivity contribution is 7.89. The van der Waals surface area contributed by atoms with Crippen molar-refractivity contribution in [3.63, 3.8) is 0 Å². The van der Waals surface area contributed by atoms with Crippen LogP contribution in [-0.4, -0.2) is 30.1 Å². The van der Waals surface area contributed by atoms with Gasteiger partial charge in [-0.25, -0.2) is 22.5 Å². The number of rotatable bonds is 6. The van der Waals surface area contributed by atoms with Crippen LogP contribution in [0.1, 0.15) is 12.2 Å². The first-order chi connectivity index (χ1) is 9.49. The third-order valence-electron chi connectivity index (χ3n) is 2.63. The van der Waals surface area contributed by atoms with Gasteiger partial charge in [0.05, 0.1) is 10.6 Å². The van der Waals surface area contributed by atoms with Crippen molar-refractivity contribution in [2.45, 2.75) is 17.7 Å². The second-order valence-corrected chi connectivity index (χ2v) is 5.88. The van der Waals surface area contributed by atoms with Gasteiger partial charge >= 0.3 is 0 Å². The molecule has 4 N–H and O–H groups in total. The number of nitrogens with two attached hydrogens (primary N) is 1. The number of halogens is 1. The van der Waals surface area contributed by atoms with Gasteiger partial charge in [-0.05, 0) is 24.6 Å². The standard InChI is InChI=1S/C11H14FN5O2S/c12-9-4-3-8(6-10(9)13)20(18,19)16-5-1-2-11-14-7-15-17-11/h3-4,6-7,16H,1-2,5,13H2,(H,14,15,17). The fourth-order valence-electron chi connectivity index (χ4n) is 1.59. The smallest absolute Gasteiger partial charge is 0.240 e. The lowest BCUT2D eigenvalue weighted by Crippen LogP contribution is -2.25. The van der Waals surface area contributed by atoms with Gasteiger partial charge in [0, 0.05) is 13.0 Å². The molecule has 1 aromatic heterocycles. The molecule has 1 heterocycles. The number of anilines is 1. The Hall–Kier alpha value is -2.00. The van der Waals surface area contributed by atoms with Crippen molar-refractivity contribution in [2.75, 3.05) is 12.3 Å². The van der Waals surface area contributed by atoms with E-state index in [4.69, 9.17) is 5.73 Å². The Morgan fingerprint density at radius 3 is 2.85 bits per heavy atom. The molecule has 20 heavy (non-hydrogen) atoms. The van der Waals surface area contributed by atoms with E-state index in [9.17, 15) is 12.8 Å². The molecule has 0 amide bonds. The molecule has 108 valence electrons. The van der Waals surface area contributed by atoms with E-state index < -0.39 is 15.8 Å². The summed E-state index contributed by atoms with van der Waals surface area (Å²) in [5.41, 5.74) is 5.15. The van der Waals surface area contributed by atoms with E-state index >= 15 is 0 Å². The lowest BCUT2D eigenvalue weighted by molar-refractivity contribution is 0.577. The Morgan fingerprint density at radius 2 is 2.20 bits per heavy atom. The maximum atomic E-state index is 13.0. The van der Waals surface area contributed by atoms with Gasteiger partial charge in [0.15, 0.2) is 0 Å². The van der Waals surface area contributed by atoms with Crippen LogP contribution in [0.5, 0.6) is 0 Å². The normalized spacial score (nSPS) is 11.7. The Kier molecular flexibility index (Phi) is 4.30. The average Bonchev–Trinajstić information content (AvgIpc) is 2.91. The minimum absolute atomic E-state index is 0.0592. The molecule has 7 nitrogen and oxygen atoms in total. The number of sulfonamides is 1. The molecule has 0 bridgehead atoms. The van der Waals surface area contributed by atoms with Crippen molar-refractivity contribution in [1.82, 2.24) is 19.9 Å². The molecule has 0 saturated carbocycles. The number of hydrogen-bond acceptors (Lipinski definition) is 5. The third kappa shape index (κ3) is 3.52. The molecule has 0 saturated heterocycles. The minimum atomic E-state index is -3.68. The summed E-state index contributed by atoms with van der Waals surface area (Å²) in [5, 5.41) is 6.37. The van der Waals surface area contributed by atoms with E-state index in [1.54, 1.807) is 0 Å². The van der Waals surface area contributed by atoms with Gasteiger partial charge in [-0.1, -0.05) is 0 Å². The first-order valence-electron chi connectivity index (χ1n) is 5.88. The maximum absolute atomic E-state index is 13.0. The second-order valence-electron chi connectivity index (χ2n) is 4.12. The van der Waals surface area contributed by atoms with E-state index in [0.717, 1.165) is 12.1 Å². The van der Waals surface area contributed by atoms with Gasteiger partial charge in [-0.3, -0.25) is 5.10 Å². The number of nitrogen functional groups attached to an aromatic ring is 1. The number of nitrogens with one attached hydrogen (secondary N) is 2. The van der Waals surface area contributed by atoms with Crippen molar-refractivity contribution < 1.29 is 12.8 Å². The SMILES string of the molecule is Nc1cc(S(=O)(=O)NCCCc2ncn[nH]2)ccc1F. The molecular weight excluding hydrogens is 285 g/mol. The average molecular weight is 299 g/mol. The summed E-state index contributed by atoms with van der Waals surface area (Å²) < 4.78 is 39.3. The molecule has 0 aliphatic rings. The van der Waals surface area contributed by atoms with E-state index in [-0.39, 0.29) is 17.1 Å². The predicted octanol–water partition coefficient (Wildman–Crippen LogP) is 0.437. The Morgan fingerprint density at radius 1 is 1.40 bits per heavy atom. The van der Waals surface area contributed by atoms with Crippen LogP contribution in [-0.2, 0) is 16.4 Å². The van der Waals surface area contributed by atoms with Crippen molar-refractivity contribution in [3.05, 3.63) is 36.2 Å². The summed E-state index contributed by atoms with van der Waals surface area (Å²) in [6.07, 6.45) is 2.53. The van der Waals surface area contributed by atoms with E-state index in [2.05, 4.69) is 19.9 Å². The van der Waals surface area contributed by atoms with Crippen molar-refractivity contribution in [2.24, 2.45) is 0 Å². The molecule has 1 aromatic carbocycles. The number of aromatic nitrogens is 3. The first-order valence-corrected chi connectivity index (χ1v) is 7.36. The molecule has 9 heteroatoms. The highest BCUT2D eigenvalue weighted by Gasteiger charge is 2.14. The maximum Gasteiger partial charge on any atom is 0.240 e. The lowest BCUT2D eigenvalue weighted by Gasteiger charge is -2.07. The van der Waals surface area contributed by atoms with Gasteiger partial charge in [0.1, 0.15) is 18.0 Å². The monoisotopic (exact) mass is 299 g/mol. The number of hydrogen-bond donors (Lipinski definition) is 3. The van der Waals surface area contributed by atoms with Crippen molar-refractivity contribution in [3.8, 4) is 0 Å². The summed E-state index contributed by atoms with van der Waals surface area (Å²) >= 11 is 0. The first kappa shape index (κ1) is 14.4. The van der Waals surface area contributed by atoms with E-state index in [1.165, 1.54) is 12.4 Å². The van der Waals surface area contributed by atoms with Crippen molar-refractivity contribution in [1.29, 1.82) is 0 Å². The van der Waals surface area contributed by atoms with Crippen LogP contribution in [0.3, 0.4) is 0 Å². The second kappa shape index (κ2) is 5.97. The number of aromatic amines is 1. The van der Waals surface area contributed by atoms with Crippen LogP contribution in [0.25, 0.3) is 0 Å². The number of H-pyrrole nitrogens is 1. The van der Waals surface area contributed by atoms with E-state index in [1.807, 2.05) is 0 Å². The zero-order valence-electron chi connectivity index (χ0n) is 10.5. The van der Waals surface area contributed by atoms with Crippen LogP contribution in [0, 0.1) is 5.82 Å². The van der Waals surface area contributed by atoms with Crippen LogP contribution in [0.2, 0.25) is 0 Å². The fraction of sp³-hybridized carbons (Fsp3) is 0.273. The molecule has 0 aliphatic carbocycles. The highest BCUT2D eigenvalue weighted by Crippen LogP contribution is 2.16. The van der Waals surface area contributed by atoms with Crippen molar-refractivity contribution >= 4 is 15.7 Å². The molecule has 0 spiro atoms. The third-order valence-corrected chi connectivity index (χ3v) is 4.08. The summed E-state index contributed by atoms with van der Waals surface area (Å²) in [5.74, 6) is 0.0458.